The van der Waals surface area contributed by atoms with Crippen LogP contribution < -0.4 is 5.73 Å². The van der Waals surface area contributed by atoms with Crippen molar-refractivity contribution in [3.05, 3.63) is 34.9 Å². The van der Waals surface area contributed by atoms with Gasteiger partial charge in [0.1, 0.15) is 5.54 Å². The number of nitrogens with zero attached hydrogens (tertiary/aromatic N) is 2. The second-order valence-electron chi connectivity index (χ2n) is 8.37. The Balaban J connectivity index is 1.61. The van der Waals surface area contributed by atoms with E-state index >= 15 is 0 Å². The van der Waals surface area contributed by atoms with Gasteiger partial charge in [-0.05, 0) is 25.5 Å². The highest BCUT2D eigenvalue weighted by molar-refractivity contribution is 6.31. The van der Waals surface area contributed by atoms with Crippen molar-refractivity contribution in [2.75, 3.05) is 32.8 Å². The first-order valence-corrected chi connectivity index (χ1v) is 10.3. The molecular formula is C21H32ClN3O2. The lowest BCUT2D eigenvalue weighted by molar-refractivity contribution is -0.180. The molecule has 3 unspecified atom stereocenters. The monoisotopic (exact) mass is 393 g/mol. The van der Waals surface area contributed by atoms with Gasteiger partial charge in [0.05, 0.1) is 6.10 Å². The van der Waals surface area contributed by atoms with Crippen molar-refractivity contribution in [3.63, 3.8) is 0 Å². The molecule has 1 saturated heterocycles. The van der Waals surface area contributed by atoms with E-state index in [9.17, 15) is 4.79 Å². The van der Waals surface area contributed by atoms with Crippen LogP contribution >= 0.6 is 11.6 Å². The fraction of sp³-hybridized carbons (Fsp3) is 0.667. The Kier molecular flexibility index (Phi) is 5.88. The highest BCUT2D eigenvalue weighted by Gasteiger charge is 2.63. The Morgan fingerprint density at radius 3 is 2.48 bits per heavy atom. The van der Waals surface area contributed by atoms with E-state index in [2.05, 4.69) is 17.9 Å². The Labute approximate surface area is 167 Å². The summed E-state index contributed by atoms with van der Waals surface area (Å²) in [7, 11) is 0. The van der Waals surface area contributed by atoms with Gasteiger partial charge in [0, 0.05) is 55.7 Å². The lowest BCUT2D eigenvalue weighted by atomic mass is 9.54. The molecule has 0 aromatic heterocycles. The van der Waals surface area contributed by atoms with E-state index in [1.54, 1.807) is 0 Å². The molecule has 6 heteroatoms. The third-order valence-corrected chi connectivity index (χ3v) is 7.06. The normalized spacial score (nSPS) is 29.3. The van der Waals surface area contributed by atoms with Gasteiger partial charge < -0.3 is 15.4 Å². The molecule has 1 amide bonds. The second-order valence-corrected chi connectivity index (χ2v) is 8.77. The Hall–Kier alpha value is -1.14. The highest BCUT2D eigenvalue weighted by atomic mass is 35.5. The summed E-state index contributed by atoms with van der Waals surface area (Å²) >= 11 is 6.35. The van der Waals surface area contributed by atoms with E-state index in [-0.39, 0.29) is 23.5 Å². The van der Waals surface area contributed by atoms with Crippen molar-refractivity contribution in [2.24, 2.45) is 11.1 Å². The average Bonchev–Trinajstić information content (AvgIpc) is 2.67. The molecule has 1 aliphatic carbocycles. The molecule has 5 nitrogen and oxygen atoms in total. The minimum Gasteiger partial charge on any atom is -0.378 e. The van der Waals surface area contributed by atoms with Gasteiger partial charge in [0.2, 0.25) is 5.91 Å². The number of ether oxygens (including phenoxy) is 1. The number of nitrogens with two attached hydrogens (primary N) is 1. The van der Waals surface area contributed by atoms with E-state index in [0.717, 1.165) is 23.7 Å². The summed E-state index contributed by atoms with van der Waals surface area (Å²) in [5, 5.41) is 0.794. The van der Waals surface area contributed by atoms with Crippen LogP contribution in [0.1, 0.15) is 45.7 Å². The Morgan fingerprint density at radius 1 is 1.30 bits per heavy atom. The van der Waals surface area contributed by atoms with Gasteiger partial charge in [-0.1, -0.05) is 43.6 Å². The molecule has 2 N–H and O–H groups in total. The van der Waals surface area contributed by atoms with Gasteiger partial charge in [0.25, 0.3) is 0 Å². The van der Waals surface area contributed by atoms with Crippen molar-refractivity contribution in [3.8, 4) is 0 Å². The van der Waals surface area contributed by atoms with E-state index < -0.39 is 5.54 Å². The zero-order valence-corrected chi connectivity index (χ0v) is 17.6. The summed E-state index contributed by atoms with van der Waals surface area (Å²) in [5.41, 5.74) is 6.54. The quantitative estimate of drug-likeness (QED) is 0.835. The molecular weight excluding hydrogens is 362 g/mol. The first-order valence-electron chi connectivity index (χ1n) is 9.90. The molecule has 2 fully saturated rings. The average molecular weight is 394 g/mol. The molecule has 0 spiro atoms. The van der Waals surface area contributed by atoms with Crippen molar-refractivity contribution >= 4 is 17.5 Å². The van der Waals surface area contributed by atoms with Crippen molar-refractivity contribution in [1.82, 2.24) is 9.80 Å². The number of benzene rings is 1. The van der Waals surface area contributed by atoms with Crippen molar-refractivity contribution < 1.29 is 9.53 Å². The van der Waals surface area contributed by atoms with E-state index in [1.807, 2.05) is 43.9 Å². The maximum atomic E-state index is 13.2. The third-order valence-electron chi connectivity index (χ3n) is 6.72. The molecule has 1 heterocycles. The SMILES string of the molecule is CCOC1CC(N)(C(=O)N2CCN(C(C)c3ccccc3Cl)CC2)C1(C)C. The van der Waals surface area contributed by atoms with Crippen LogP contribution in [0.3, 0.4) is 0 Å². The number of amides is 1. The van der Waals surface area contributed by atoms with Crippen LogP contribution in [0.15, 0.2) is 24.3 Å². The van der Waals surface area contributed by atoms with Crippen LogP contribution in [-0.4, -0.2) is 60.1 Å². The lowest BCUT2D eigenvalue weighted by Crippen LogP contribution is -2.76. The first-order chi connectivity index (χ1) is 12.7. The van der Waals surface area contributed by atoms with Crippen LogP contribution in [0.5, 0.6) is 0 Å². The minimum atomic E-state index is -0.830. The summed E-state index contributed by atoms with van der Waals surface area (Å²) in [4.78, 5) is 17.5. The fourth-order valence-corrected chi connectivity index (χ4v) is 4.70. The van der Waals surface area contributed by atoms with E-state index in [1.165, 1.54) is 0 Å². The van der Waals surface area contributed by atoms with E-state index in [0.29, 0.717) is 26.1 Å². The molecule has 0 bridgehead atoms. The summed E-state index contributed by atoms with van der Waals surface area (Å²) in [5.74, 6) is 0.0634. The van der Waals surface area contributed by atoms with Crippen LogP contribution in [0.4, 0.5) is 0 Å². The highest BCUT2D eigenvalue weighted by Crippen LogP contribution is 2.50. The lowest BCUT2D eigenvalue weighted by Gasteiger charge is -2.59. The largest absolute Gasteiger partial charge is 0.378 e. The number of piperazine rings is 1. The molecule has 3 atom stereocenters. The maximum absolute atomic E-state index is 13.2. The zero-order chi connectivity index (χ0) is 19.8. The second kappa shape index (κ2) is 7.70. The smallest absolute Gasteiger partial charge is 0.243 e. The molecule has 1 aliphatic heterocycles. The number of carbonyl (C=O) groups is 1. The Bertz CT molecular complexity index is 688. The third kappa shape index (κ3) is 3.51. The zero-order valence-electron chi connectivity index (χ0n) is 16.9. The van der Waals surface area contributed by atoms with Crippen molar-refractivity contribution in [2.45, 2.75) is 51.8 Å². The van der Waals surface area contributed by atoms with E-state index in [4.69, 9.17) is 22.1 Å². The van der Waals surface area contributed by atoms with Gasteiger partial charge in [-0.2, -0.15) is 0 Å². The summed E-state index contributed by atoms with van der Waals surface area (Å²) in [6.45, 7) is 11.9. The predicted octanol–water partition coefficient (Wildman–Crippen LogP) is 3.08. The summed E-state index contributed by atoms with van der Waals surface area (Å²) in [6, 6.07) is 8.20. The molecule has 2 aliphatic rings. The minimum absolute atomic E-state index is 0.0537. The summed E-state index contributed by atoms with van der Waals surface area (Å²) in [6.07, 6.45) is 0.654. The molecule has 0 radical (unpaired) electrons. The molecule has 27 heavy (non-hydrogen) atoms. The fourth-order valence-electron chi connectivity index (χ4n) is 4.40. The van der Waals surface area contributed by atoms with Crippen LogP contribution in [-0.2, 0) is 9.53 Å². The number of rotatable bonds is 5. The van der Waals surface area contributed by atoms with Gasteiger partial charge in [-0.15, -0.1) is 0 Å². The molecule has 1 saturated carbocycles. The van der Waals surface area contributed by atoms with Crippen molar-refractivity contribution in [1.29, 1.82) is 0 Å². The Morgan fingerprint density at radius 2 is 1.93 bits per heavy atom. The van der Waals surface area contributed by atoms with Crippen LogP contribution in [0.25, 0.3) is 0 Å². The van der Waals surface area contributed by atoms with Gasteiger partial charge in [-0.25, -0.2) is 0 Å². The van der Waals surface area contributed by atoms with Crippen LogP contribution in [0.2, 0.25) is 5.02 Å². The molecule has 3 rings (SSSR count). The maximum Gasteiger partial charge on any atom is 0.243 e. The number of hydrogen-bond acceptors (Lipinski definition) is 4. The summed E-state index contributed by atoms with van der Waals surface area (Å²) < 4.78 is 5.76. The van der Waals surface area contributed by atoms with Gasteiger partial charge >= 0.3 is 0 Å². The standard InChI is InChI=1S/C21H32ClN3O2/c1-5-27-18-14-21(23,20(18,3)4)19(26)25-12-10-24(11-13-25)15(2)16-8-6-7-9-17(16)22/h6-9,15,18H,5,10-14,23H2,1-4H3. The van der Waals surface area contributed by atoms with Crippen LogP contribution in [0, 0.1) is 5.41 Å². The molecule has 1 aromatic carbocycles. The number of hydrogen-bond donors (Lipinski definition) is 1. The molecule has 150 valence electrons. The topological polar surface area (TPSA) is 58.8 Å². The first kappa shape index (κ1) is 20.6. The number of carbonyl (C=O) groups excluding carboxylic acids is 1. The number of halogens is 1. The van der Waals surface area contributed by atoms with Gasteiger partial charge in [0.15, 0.2) is 0 Å². The predicted molar refractivity (Wildman–Crippen MR) is 109 cm³/mol. The van der Waals surface area contributed by atoms with Gasteiger partial charge in [-0.3, -0.25) is 9.69 Å². The molecule has 1 aromatic rings.